The lowest BCUT2D eigenvalue weighted by atomic mass is 9.88. The van der Waals surface area contributed by atoms with E-state index in [2.05, 4.69) is 38.1 Å². The van der Waals surface area contributed by atoms with Crippen LogP contribution in [-0.2, 0) is 6.54 Å². The fourth-order valence-electron chi connectivity index (χ4n) is 2.37. The molecule has 1 rings (SSSR count). The van der Waals surface area contributed by atoms with Gasteiger partial charge in [0.1, 0.15) is 0 Å². The minimum Gasteiger partial charge on any atom is -0.394 e. The van der Waals surface area contributed by atoms with Crippen LogP contribution >= 0.6 is 0 Å². The van der Waals surface area contributed by atoms with E-state index in [0.29, 0.717) is 5.56 Å². The van der Waals surface area contributed by atoms with Crippen molar-refractivity contribution in [3.8, 4) is 0 Å². The van der Waals surface area contributed by atoms with Crippen LogP contribution in [0, 0.1) is 12.3 Å². The summed E-state index contributed by atoms with van der Waals surface area (Å²) in [6.45, 7) is 11.1. The van der Waals surface area contributed by atoms with E-state index < -0.39 is 0 Å². The topological polar surface area (TPSA) is 67.2 Å². The van der Waals surface area contributed by atoms with Crippen LogP contribution in [0.15, 0.2) is 6.20 Å². The van der Waals surface area contributed by atoms with Crippen LogP contribution in [0.3, 0.4) is 0 Å². The molecule has 0 bridgehead atoms. The summed E-state index contributed by atoms with van der Waals surface area (Å²) in [5, 5.41) is 16.6. The van der Waals surface area contributed by atoms with Crippen LogP contribution in [0.2, 0.25) is 0 Å². The maximum atomic E-state index is 12.3. The quantitative estimate of drug-likeness (QED) is 0.812. The molecule has 0 saturated heterocycles. The van der Waals surface area contributed by atoms with Crippen molar-refractivity contribution in [2.24, 2.45) is 5.41 Å². The van der Waals surface area contributed by atoms with Crippen LogP contribution < -0.4 is 5.32 Å². The smallest absolute Gasteiger partial charge is 0.255 e. The Balaban J connectivity index is 2.72. The summed E-state index contributed by atoms with van der Waals surface area (Å²) in [5.74, 6) is -0.154. The van der Waals surface area contributed by atoms with E-state index in [1.165, 1.54) is 0 Å². The second kappa shape index (κ2) is 7.59. The first kappa shape index (κ1) is 17.7. The zero-order chi connectivity index (χ0) is 16.0. The second-order valence-electron chi connectivity index (χ2n) is 6.84. The van der Waals surface area contributed by atoms with Crippen LogP contribution in [0.5, 0.6) is 0 Å². The molecule has 2 N–H and O–H groups in total. The van der Waals surface area contributed by atoms with E-state index in [-0.39, 0.29) is 24.0 Å². The minimum atomic E-state index is -0.226. The molecule has 0 radical (unpaired) electrons. The molecule has 5 nitrogen and oxygen atoms in total. The first-order valence-electron chi connectivity index (χ1n) is 7.72. The molecule has 21 heavy (non-hydrogen) atoms. The van der Waals surface area contributed by atoms with Crippen LogP contribution in [0.25, 0.3) is 0 Å². The summed E-state index contributed by atoms with van der Waals surface area (Å²) >= 11 is 0. The molecule has 0 spiro atoms. The third-order valence-electron chi connectivity index (χ3n) is 3.49. The van der Waals surface area contributed by atoms with Gasteiger partial charge in [0.15, 0.2) is 0 Å². The molecule has 120 valence electrons. The lowest BCUT2D eigenvalue weighted by Crippen LogP contribution is -2.40. The molecular formula is C16H29N3O2. The summed E-state index contributed by atoms with van der Waals surface area (Å²) in [4.78, 5) is 12.3. The fourth-order valence-corrected chi connectivity index (χ4v) is 2.37. The number of aromatic nitrogens is 2. The largest absolute Gasteiger partial charge is 0.394 e. The summed E-state index contributed by atoms with van der Waals surface area (Å²) < 4.78 is 1.87. The van der Waals surface area contributed by atoms with Gasteiger partial charge in [-0.05, 0) is 25.2 Å². The Bertz CT molecular complexity index is 461. The molecule has 0 saturated carbocycles. The van der Waals surface area contributed by atoms with Gasteiger partial charge in [0, 0.05) is 12.2 Å². The number of rotatable bonds is 7. The number of nitrogens with zero attached hydrogens (tertiary/aromatic N) is 2. The number of aryl methyl sites for hydroxylation is 1. The monoisotopic (exact) mass is 295 g/mol. The van der Waals surface area contributed by atoms with Crippen LogP contribution in [-0.4, -0.2) is 33.4 Å². The summed E-state index contributed by atoms with van der Waals surface area (Å²) in [6.07, 6.45) is 4.50. The van der Waals surface area contributed by atoms with E-state index in [1.807, 2.05) is 11.6 Å². The van der Waals surface area contributed by atoms with E-state index in [1.54, 1.807) is 6.20 Å². The Morgan fingerprint density at radius 2 is 2.14 bits per heavy atom. The number of hydrogen-bond acceptors (Lipinski definition) is 3. The van der Waals surface area contributed by atoms with Crippen LogP contribution in [0.1, 0.15) is 63.0 Å². The van der Waals surface area contributed by atoms with Crippen molar-refractivity contribution >= 4 is 5.91 Å². The van der Waals surface area contributed by atoms with Gasteiger partial charge in [0.05, 0.1) is 24.4 Å². The SMILES string of the molecule is CCCCn1ncc(C(=O)NC(CO)CC(C)(C)C)c1C. The maximum Gasteiger partial charge on any atom is 0.255 e. The highest BCUT2D eigenvalue weighted by atomic mass is 16.3. The number of aliphatic hydroxyl groups is 1. The molecule has 1 heterocycles. The molecule has 5 heteroatoms. The highest BCUT2D eigenvalue weighted by Gasteiger charge is 2.22. The van der Waals surface area contributed by atoms with Gasteiger partial charge < -0.3 is 10.4 Å². The number of amides is 1. The van der Waals surface area contributed by atoms with Gasteiger partial charge in [-0.3, -0.25) is 9.48 Å². The van der Waals surface area contributed by atoms with Crippen molar-refractivity contribution in [1.82, 2.24) is 15.1 Å². The standard InChI is InChI=1S/C16H29N3O2/c1-6-7-8-19-12(2)14(10-17-19)15(21)18-13(11-20)9-16(3,4)5/h10,13,20H,6-9,11H2,1-5H3,(H,18,21). The Hall–Kier alpha value is -1.36. The highest BCUT2D eigenvalue weighted by Crippen LogP contribution is 2.21. The lowest BCUT2D eigenvalue weighted by molar-refractivity contribution is 0.0897. The second-order valence-corrected chi connectivity index (χ2v) is 6.84. The predicted octanol–water partition coefficient (Wildman–Crippen LogP) is 2.52. The molecule has 1 aromatic rings. The fraction of sp³-hybridized carbons (Fsp3) is 0.750. The molecule has 0 fully saturated rings. The first-order chi connectivity index (χ1) is 9.78. The van der Waals surface area contributed by atoms with Gasteiger partial charge in [-0.25, -0.2) is 0 Å². The van der Waals surface area contributed by atoms with Crippen molar-refractivity contribution in [2.75, 3.05) is 6.61 Å². The molecular weight excluding hydrogens is 266 g/mol. The Morgan fingerprint density at radius 3 is 2.67 bits per heavy atom. The van der Waals surface area contributed by atoms with E-state index in [9.17, 15) is 9.90 Å². The third-order valence-corrected chi connectivity index (χ3v) is 3.49. The normalized spacial score (nSPS) is 13.2. The Morgan fingerprint density at radius 1 is 1.48 bits per heavy atom. The summed E-state index contributed by atoms with van der Waals surface area (Å²) in [6, 6.07) is -0.226. The van der Waals surface area contributed by atoms with Gasteiger partial charge in [-0.1, -0.05) is 34.1 Å². The zero-order valence-electron chi connectivity index (χ0n) is 13.9. The highest BCUT2D eigenvalue weighted by molar-refractivity contribution is 5.95. The minimum absolute atomic E-state index is 0.0496. The molecule has 1 atom stereocenters. The number of nitrogens with one attached hydrogen (secondary N) is 1. The maximum absolute atomic E-state index is 12.3. The first-order valence-corrected chi connectivity index (χ1v) is 7.72. The van der Waals surface area contributed by atoms with Crippen molar-refractivity contribution in [2.45, 2.75) is 66.5 Å². The number of carbonyl (C=O) groups is 1. The number of aliphatic hydroxyl groups excluding tert-OH is 1. The van der Waals surface area contributed by atoms with E-state index >= 15 is 0 Å². The predicted molar refractivity (Wildman–Crippen MR) is 84.3 cm³/mol. The van der Waals surface area contributed by atoms with Gasteiger partial charge in [-0.2, -0.15) is 5.10 Å². The average Bonchev–Trinajstić information content (AvgIpc) is 2.75. The summed E-state index contributed by atoms with van der Waals surface area (Å²) in [5.41, 5.74) is 1.54. The average molecular weight is 295 g/mol. The number of carbonyl (C=O) groups excluding carboxylic acids is 1. The summed E-state index contributed by atoms with van der Waals surface area (Å²) in [7, 11) is 0. The van der Waals surface area contributed by atoms with Crippen molar-refractivity contribution in [3.05, 3.63) is 17.5 Å². The van der Waals surface area contributed by atoms with Gasteiger partial charge >= 0.3 is 0 Å². The lowest BCUT2D eigenvalue weighted by Gasteiger charge is -2.25. The molecule has 1 amide bonds. The molecule has 0 aromatic carbocycles. The molecule has 0 aliphatic heterocycles. The molecule has 1 aromatic heterocycles. The molecule has 0 aliphatic rings. The molecule has 1 unspecified atom stereocenters. The third kappa shape index (κ3) is 5.50. The van der Waals surface area contributed by atoms with Gasteiger partial charge in [0.2, 0.25) is 0 Å². The zero-order valence-corrected chi connectivity index (χ0v) is 13.9. The number of hydrogen-bond donors (Lipinski definition) is 2. The van der Waals surface area contributed by atoms with E-state index in [4.69, 9.17) is 0 Å². The number of unbranched alkanes of at least 4 members (excludes halogenated alkanes) is 1. The van der Waals surface area contributed by atoms with Crippen LogP contribution in [0.4, 0.5) is 0 Å². The van der Waals surface area contributed by atoms with Crippen molar-refractivity contribution < 1.29 is 9.90 Å². The van der Waals surface area contributed by atoms with Crippen molar-refractivity contribution in [1.29, 1.82) is 0 Å². The van der Waals surface area contributed by atoms with Gasteiger partial charge in [0.25, 0.3) is 5.91 Å². The van der Waals surface area contributed by atoms with Crippen molar-refractivity contribution in [3.63, 3.8) is 0 Å². The Kier molecular flexibility index (Phi) is 6.40. The van der Waals surface area contributed by atoms with Gasteiger partial charge in [-0.15, -0.1) is 0 Å². The van der Waals surface area contributed by atoms with E-state index in [0.717, 1.165) is 31.5 Å². The Labute approximate surface area is 127 Å². The molecule has 0 aliphatic carbocycles.